The number of carbonyl (C=O) groups excluding carboxylic acids is 2. The van der Waals surface area contributed by atoms with Gasteiger partial charge in [-0.1, -0.05) is 6.07 Å². The number of nitrogens with zero attached hydrogens (tertiary/aromatic N) is 1. The monoisotopic (exact) mass is 255 g/mol. The van der Waals surface area contributed by atoms with Crippen molar-refractivity contribution in [2.24, 2.45) is 5.73 Å². The Morgan fingerprint density at radius 2 is 2.00 bits per heavy atom. The molecule has 18 heavy (non-hydrogen) atoms. The fraction of sp³-hybridized carbons (Fsp3) is 0.273. The van der Waals surface area contributed by atoms with Crippen LogP contribution in [0.25, 0.3) is 0 Å². The van der Waals surface area contributed by atoms with E-state index < -0.39 is 29.1 Å². The molecule has 2 rings (SSSR count). The van der Waals surface area contributed by atoms with Gasteiger partial charge in [-0.2, -0.15) is 0 Å². The molecule has 1 unspecified atom stereocenters. The molecule has 3 N–H and O–H groups in total. The van der Waals surface area contributed by atoms with E-state index in [4.69, 9.17) is 5.73 Å². The van der Waals surface area contributed by atoms with Gasteiger partial charge in [0.15, 0.2) is 17.2 Å². The number of urea groups is 1. The molecule has 0 aliphatic carbocycles. The van der Waals surface area contributed by atoms with E-state index >= 15 is 0 Å². The molecule has 5 nitrogen and oxygen atoms in total. The lowest BCUT2D eigenvalue weighted by atomic mass is 9.90. The molecular formula is C11H11F2N3O2. The van der Waals surface area contributed by atoms with Gasteiger partial charge in [0, 0.05) is 13.6 Å². The van der Waals surface area contributed by atoms with Gasteiger partial charge in [0.2, 0.25) is 0 Å². The van der Waals surface area contributed by atoms with Gasteiger partial charge in [-0.05, 0) is 17.7 Å². The lowest BCUT2D eigenvalue weighted by molar-refractivity contribution is -0.130. The van der Waals surface area contributed by atoms with Crippen LogP contribution in [0.2, 0.25) is 0 Å². The van der Waals surface area contributed by atoms with Gasteiger partial charge in [-0.15, -0.1) is 0 Å². The molecule has 0 radical (unpaired) electrons. The van der Waals surface area contributed by atoms with Gasteiger partial charge in [0.05, 0.1) is 0 Å². The second kappa shape index (κ2) is 4.02. The van der Waals surface area contributed by atoms with Crippen molar-refractivity contribution in [1.82, 2.24) is 10.2 Å². The van der Waals surface area contributed by atoms with Crippen molar-refractivity contribution in [3.05, 3.63) is 35.4 Å². The summed E-state index contributed by atoms with van der Waals surface area (Å²) in [6, 6.07) is 2.34. The SMILES string of the molecule is CN1C(=O)NC(CN)(c2ccc(F)c(F)c2)C1=O. The van der Waals surface area contributed by atoms with Crippen LogP contribution in [-0.2, 0) is 10.3 Å². The Bertz CT molecular complexity index is 535. The molecule has 0 bridgehead atoms. The van der Waals surface area contributed by atoms with E-state index in [1.54, 1.807) is 0 Å². The number of halogens is 2. The van der Waals surface area contributed by atoms with Crippen molar-refractivity contribution in [3.8, 4) is 0 Å². The third-order valence-electron chi connectivity index (χ3n) is 3.01. The van der Waals surface area contributed by atoms with E-state index in [1.165, 1.54) is 13.1 Å². The number of amides is 3. The maximum absolute atomic E-state index is 13.2. The second-order valence-electron chi connectivity index (χ2n) is 4.03. The quantitative estimate of drug-likeness (QED) is 0.746. The molecule has 1 aliphatic heterocycles. The highest BCUT2D eigenvalue weighted by molar-refractivity contribution is 6.07. The molecule has 96 valence electrons. The van der Waals surface area contributed by atoms with Crippen LogP contribution in [0.5, 0.6) is 0 Å². The highest BCUT2D eigenvalue weighted by Gasteiger charge is 2.50. The zero-order valence-electron chi connectivity index (χ0n) is 9.54. The van der Waals surface area contributed by atoms with E-state index in [0.717, 1.165) is 17.0 Å². The average Bonchev–Trinajstić information content (AvgIpc) is 2.58. The maximum Gasteiger partial charge on any atom is 0.325 e. The Morgan fingerprint density at radius 1 is 1.33 bits per heavy atom. The third kappa shape index (κ3) is 1.55. The maximum atomic E-state index is 13.2. The summed E-state index contributed by atoms with van der Waals surface area (Å²) in [6.45, 7) is -0.243. The summed E-state index contributed by atoms with van der Waals surface area (Å²) < 4.78 is 26.1. The van der Waals surface area contributed by atoms with Crippen LogP contribution >= 0.6 is 0 Å². The van der Waals surface area contributed by atoms with Crippen LogP contribution in [0, 0.1) is 11.6 Å². The summed E-state index contributed by atoms with van der Waals surface area (Å²) in [5.74, 6) is -2.73. The molecule has 0 spiro atoms. The molecule has 1 atom stereocenters. The number of nitrogens with two attached hydrogens (primary N) is 1. The number of carbonyl (C=O) groups is 2. The van der Waals surface area contributed by atoms with Gasteiger partial charge in [0.1, 0.15) is 0 Å². The predicted octanol–water partition coefficient (Wildman–Crippen LogP) is 0.300. The largest absolute Gasteiger partial charge is 0.327 e. The molecule has 1 aromatic rings. The predicted molar refractivity (Wildman–Crippen MR) is 58.4 cm³/mol. The second-order valence-corrected chi connectivity index (χ2v) is 4.03. The third-order valence-corrected chi connectivity index (χ3v) is 3.01. The first kappa shape index (κ1) is 12.4. The molecule has 3 amide bonds. The molecule has 1 aliphatic rings. The number of nitrogens with one attached hydrogen (secondary N) is 1. The van der Waals surface area contributed by atoms with Gasteiger partial charge in [-0.3, -0.25) is 9.69 Å². The van der Waals surface area contributed by atoms with Crippen molar-refractivity contribution in [2.45, 2.75) is 5.54 Å². The topological polar surface area (TPSA) is 75.4 Å². The summed E-state index contributed by atoms with van der Waals surface area (Å²) in [4.78, 5) is 24.3. The van der Waals surface area contributed by atoms with Crippen molar-refractivity contribution < 1.29 is 18.4 Å². The Kier molecular flexibility index (Phi) is 2.78. The first-order chi connectivity index (χ1) is 8.42. The number of hydrogen-bond acceptors (Lipinski definition) is 3. The number of hydrogen-bond donors (Lipinski definition) is 2. The van der Waals surface area contributed by atoms with Gasteiger partial charge in [0.25, 0.3) is 5.91 Å². The van der Waals surface area contributed by atoms with E-state index in [2.05, 4.69) is 5.32 Å². The zero-order valence-corrected chi connectivity index (χ0v) is 9.54. The average molecular weight is 255 g/mol. The van der Waals surface area contributed by atoms with Gasteiger partial charge >= 0.3 is 6.03 Å². The summed E-state index contributed by atoms with van der Waals surface area (Å²) >= 11 is 0. The van der Waals surface area contributed by atoms with Gasteiger partial charge in [-0.25, -0.2) is 13.6 Å². The minimum atomic E-state index is -1.53. The van der Waals surface area contributed by atoms with E-state index in [1.807, 2.05) is 0 Å². The zero-order chi connectivity index (χ0) is 13.5. The fourth-order valence-electron chi connectivity index (χ4n) is 1.91. The van der Waals surface area contributed by atoms with Gasteiger partial charge < -0.3 is 11.1 Å². The van der Waals surface area contributed by atoms with Crippen molar-refractivity contribution in [2.75, 3.05) is 13.6 Å². The van der Waals surface area contributed by atoms with Crippen LogP contribution in [0.3, 0.4) is 0 Å². The van der Waals surface area contributed by atoms with E-state index in [-0.39, 0.29) is 12.1 Å². The Balaban J connectivity index is 2.54. The Morgan fingerprint density at radius 3 is 2.44 bits per heavy atom. The molecule has 7 heteroatoms. The first-order valence-corrected chi connectivity index (χ1v) is 5.18. The number of benzene rings is 1. The van der Waals surface area contributed by atoms with Crippen LogP contribution in [0.15, 0.2) is 18.2 Å². The smallest absolute Gasteiger partial charge is 0.325 e. The molecular weight excluding hydrogens is 244 g/mol. The minimum absolute atomic E-state index is 0.117. The van der Waals surface area contributed by atoms with E-state index in [0.29, 0.717) is 0 Å². The lowest BCUT2D eigenvalue weighted by Gasteiger charge is -2.25. The summed E-state index contributed by atoms with van der Waals surface area (Å²) in [5.41, 5.74) is 4.12. The van der Waals surface area contributed by atoms with Crippen molar-refractivity contribution >= 4 is 11.9 Å². The highest BCUT2D eigenvalue weighted by Crippen LogP contribution is 2.28. The van der Waals surface area contributed by atoms with Crippen LogP contribution in [-0.4, -0.2) is 30.4 Å². The van der Waals surface area contributed by atoms with Crippen LogP contribution in [0.1, 0.15) is 5.56 Å². The fourth-order valence-corrected chi connectivity index (χ4v) is 1.91. The summed E-state index contributed by atoms with van der Waals surface area (Å²) in [7, 11) is 1.29. The number of likely N-dealkylation sites (N-methyl/N-ethyl adjacent to an activating group) is 1. The number of imide groups is 1. The molecule has 1 aromatic carbocycles. The molecule has 1 saturated heterocycles. The molecule has 0 aromatic heterocycles. The van der Waals surface area contributed by atoms with Crippen molar-refractivity contribution in [3.63, 3.8) is 0 Å². The Labute approximate surface area is 102 Å². The minimum Gasteiger partial charge on any atom is -0.327 e. The summed E-state index contributed by atoms with van der Waals surface area (Å²) in [5, 5.41) is 2.40. The molecule has 1 fully saturated rings. The summed E-state index contributed by atoms with van der Waals surface area (Å²) in [6.07, 6.45) is 0. The van der Waals surface area contributed by atoms with E-state index in [9.17, 15) is 18.4 Å². The standard InChI is InChI=1S/C11H11F2N3O2/c1-16-9(17)11(5-14,15-10(16)18)6-2-3-7(12)8(13)4-6/h2-4H,5,14H2,1H3,(H,15,18). The van der Waals surface area contributed by atoms with Crippen LogP contribution in [0.4, 0.5) is 13.6 Å². The van der Waals surface area contributed by atoms with Crippen molar-refractivity contribution in [1.29, 1.82) is 0 Å². The lowest BCUT2D eigenvalue weighted by Crippen LogP contribution is -2.50. The van der Waals surface area contributed by atoms with Crippen LogP contribution < -0.4 is 11.1 Å². The Hall–Kier alpha value is -2.02. The first-order valence-electron chi connectivity index (χ1n) is 5.18. The normalized spacial score (nSPS) is 23.4. The number of rotatable bonds is 2. The molecule has 0 saturated carbocycles. The highest BCUT2D eigenvalue weighted by atomic mass is 19.2. The molecule has 1 heterocycles.